The third kappa shape index (κ3) is 5.69. The van der Waals surface area contributed by atoms with Gasteiger partial charge in [-0.15, -0.1) is 5.10 Å². The number of nitrogens with one attached hydrogen (secondary N) is 2. The highest BCUT2D eigenvalue weighted by atomic mass is 32.2. The zero-order chi connectivity index (χ0) is 24.8. The van der Waals surface area contributed by atoms with Crippen LogP contribution < -0.4 is 24.8 Å². The van der Waals surface area contributed by atoms with E-state index in [0.717, 1.165) is 22.4 Å². The summed E-state index contributed by atoms with van der Waals surface area (Å²) < 4.78 is 16.1. The molecule has 0 saturated carbocycles. The van der Waals surface area contributed by atoms with Crippen molar-refractivity contribution in [3.05, 3.63) is 47.0 Å². The molecule has 2 N–H and O–H groups in total. The minimum Gasteiger partial charge on any atom is -0.493 e. The van der Waals surface area contributed by atoms with Crippen LogP contribution in [0.25, 0.3) is 0 Å². The van der Waals surface area contributed by atoms with Gasteiger partial charge in [0.2, 0.25) is 17.6 Å². The molecule has 2 aromatic carbocycles. The molecule has 0 aromatic heterocycles. The van der Waals surface area contributed by atoms with Crippen LogP contribution in [0.15, 0.2) is 40.5 Å². The number of rotatable bonds is 8. The molecular formula is C24H28N4O5S. The topological polar surface area (TPSA) is 111 Å². The highest BCUT2D eigenvalue weighted by Crippen LogP contribution is 2.38. The van der Waals surface area contributed by atoms with Crippen molar-refractivity contribution in [1.82, 2.24) is 5.32 Å². The number of anilines is 1. The summed E-state index contributed by atoms with van der Waals surface area (Å²) in [5, 5.41) is 13.7. The van der Waals surface area contributed by atoms with E-state index in [1.165, 1.54) is 33.1 Å². The number of thioether (sulfide) groups is 1. The van der Waals surface area contributed by atoms with Gasteiger partial charge in [0.15, 0.2) is 16.7 Å². The van der Waals surface area contributed by atoms with Crippen molar-refractivity contribution < 1.29 is 23.8 Å². The van der Waals surface area contributed by atoms with Crippen molar-refractivity contribution >= 4 is 40.1 Å². The van der Waals surface area contributed by atoms with Crippen molar-refractivity contribution in [2.45, 2.75) is 32.4 Å². The van der Waals surface area contributed by atoms with E-state index in [1.807, 2.05) is 32.0 Å². The first-order valence-corrected chi connectivity index (χ1v) is 11.4. The van der Waals surface area contributed by atoms with Gasteiger partial charge in [-0.2, -0.15) is 5.10 Å². The molecule has 9 nitrogen and oxygen atoms in total. The van der Waals surface area contributed by atoms with Crippen LogP contribution in [-0.2, 0) is 9.59 Å². The number of hydrogen-bond donors (Lipinski definition) is 2. The van der Waals surface area contributed by atoms with Gasteiger partial charge in [-0.25, -0.2) is 0 Å². The van der Waals surface area contributed by atoms with E-state index >= 15 is 0 Å². The first-order valence-electron chi connectivity index (χ1n) is 10.5. The molecule has 1 atom stereocenters. The predicted octanol–water partition coefficient (Wildman–Crippen LogP) is 3.67. The van der Waals surface area contributed by atoms with E-state index in [9.17, 15) is 9.59 Å². The molecule has 1 heterocycles. The molecular weight excluding hydrogens is 456 g/mol. The van der Waals surface area contributed by atoms with E-state index in [2.05, 4.69) is 20.8 Å². The normalized spacial score (nSPS) is 16.9. The second-order valence-electron chi connectivity index (χ2n) is 7.62. The average Bonchev–Trinajstić information content (AvgIpc) is 3.17. The molecule has 1 aliphatic heterocycles. The fourth-order valence-electron chi connectivity index (χ4n) is 3.43. The molecule has 34 heavy (non-hydrogen) atoms. The summed E-state index contributed by atoms with van der Waals surface area (Å²) in [6.45, 7) is 5.64. The summed E-state index contributed by atoms with van der Waals surface area (Å²) in [4.78, 5) is 24.9. The smallest absolute Gasteiger partial charge is 0.240 e. The van der Waals surface area contributed by atoms with Crippen LogP contribution >= 0.6 is 11.8 Å². The minimum absolute atomic E-state index is 0.0267. The first kappa shape index (κ1) is 25.1. The molecule has 0 aliphatic carbocycles. The summed E-state index contributed by atoms with van der Waals surface area (Å²) in [5.74, 6) is 0.966. The molecule has 0 bridgehead atoms. The number of carbonyl (C=O) groups excluding carboxylic acids is 2. The Kier molecular flexibility index (Phi) is 8.17. The molecule has 3 rings (SSSR count). The maximum atomic E-state index is 12.5. The van der Waals surface area contributed by atoms with Crippen LogP contribution in [0.4, 0.5) is 5.69 Å². The third-order valence-corrected chi connectivity index (χ3v) is 6.34. The zero-order valence-electron chi connectivity index (χ0n) is 20.0. The van der Waals surface area contributed by atoms with Crippen molar-refractivity contribution in [3.8, 4) is 17.2 Å². The quantitative estimate of drug-likeness (QED) is 0.437. The number of para-hydroxylation sites is 1. The van der Waals surface area contributed by atoms with Gasteiger partial charge in [0, 0.05) is 17.7 Å². The molecule has 0 spiro atoms. The standard InChI is InChI=1S/C24H28N4O5S/c1-13-8-7-9-14(2)21(13)25-20(29)12-19-23(30)26-24(34-19)28-27-15(3)16-10-17(31-4)22(33-6)18(11-16)32-5/h7-11,19H,12H2,1-6H3,(H,25,29)(H,26,28,30)/b27-15+. The summed E-state index contributed by atoms with van der Waals surface area (Å²) in [7, 11) is 4.61. The molecule has 10 heteroatoms. The molecule has 2 aromatic rings. The van der Waals surface area contributed by atoms with Gasteiger partial charge >= 0.3 is 0 Å². The number of aryl methyl sites for hydroxylation is 2. The van der Waals surface area contributed by atoms with Gasteiger partial charge in [0.1, 0.15) is 5.25 Å². The predicted molar refractivity (Wildman–Crippen MR) is 134 cm³/mol. The highest BCUT2D eigenvalue weighted by molar-refractivity contribution is 8.15. The molecule has 1 aliphatic rings. The zero-order valence-corrected chi connectivity index (χ0v) is 20.8. The van der Waals surface area contributed by atoms with Gasteiger partial charge in [-0.3, -0.25) is 9.59 Å². The van der Waals surface area contributed by atoms with E-state index in [-0.39, 0.29) is 18.2 Å². The summed E-state index contributed by atoms with van der Waals surface area (Å²) in [5.41, 5.74) is 4.01. The van der Waals surface area contributed by atoms with Gasteiger partial charge in [-0.05, 0) is 44.0 Å². The number of amidine groups is 1. The lowest BCUT2D eigenvalue weighted by atomic mass is 10.1. The Labute approximate surface area is 203 Å². The number of benzene rings is 2. The van der Waals surface area contributed by atoms with Crippen molar-refractivity contribution in [3.63, 3.8) is 0 Å². The van der Waals surface area contributed by atoms with Crippen molar-refractivity contribution in [2.75, 3.05) is 26.6 Å². The fraction of sp³-hybridized carbons (Fsp3) is 0.333. The Morgan fingerprint density at radius 3 is 2.26 bits per heavy atom. The lowest BCUT2D eigenvalue weighted by molar-refractivity contribution is -0.122. The second-order valence-corrected chi connectivity index (χ2v) is 8.81. The molecule has 2 amide bonds. The van der Waals surface area contributed by atoms with E-state index in [4.69, 9.17) is 14.2 Å². The van der Waals surface area contributed by atoms with Crippen LogP contribution in [0, 0.1) is 13.8 Å². The maximum Gasteiger partial charge on any atom is 0.240 e. The van der Waals surface area contributed by atoms with E-state index in [1.54, 1.807) is 19.1 Å². The molecule has 1 unspecified atom stereocenters. The largest absolute Gasteiger partial charge is 0.493 e. The van der Waals surface area contributed by atoms with Crippen LogP contribution in [-0.4, -0.2) is 49.3 Å². The van der Waals surface area contributed by atoms with Gasteiger partial charge < -0.3 is 24.8 Å². The summed E-state index contributed by atoms with van der Waals surface area (Å²) >= 11 is 1.18. The lowest BCUT2D eigenvalue weighted by Gasteiger charge is -2.13. The number of amides is 2. The Bertz CT molecular complexity index is 1120. The highest BCUT2D eigenvalue weighted by Gasteiger charge is 2.32. The van der Waals surface area contributed by atoms with Gasteiger partial charge in [0.25, 0.3) is 0 Å². The number of carbonyl (C=O) groups is 2. The number of ether oxygens (including phenoxy) is 3. The Morgan fingerprint density at radius 1 is 1.09 bits per heavy atom. The van der Waals surface area contributed by atoms with Crippen LogP contribution in [0.3, 0.4) is 0 Å². The Balaban J connectivity index is 1.70. The average molecular weight is 485 g/mol. The van der Waals surface area contributed by atoms with Crippen LogP contribution in [0.1, 0.15) is 30.0 Å². The monoisotopic (exact) mass is 484 g/mol. The molecule has 0 radical (unpaired) electrons. The number of nitrogens with zero attached hydrogens (tertiary/aromatic N) is 2. The first-order chi connectivity index (χ1) is 16.3. The third-order valence-electron chi connectivity index (χ3n) is 5.27. The summed E-state index contributed by atoms with van der Waals surface area (Å²) in [6.07, 6.45) is 0.0267. The Morgan fingerprint density at radius 2 is 1.71 bits per heavy atom. The second kappa shape index (κ2) is 11.1. The lowest BCUT2D eigenvalue weighted by Crippen LogP contribution is -2.28. The Hall–Kier alpha value is -3.53. The van der Waals surface area contributed by atoms with Gasteiger partial charge in [-0.1, -0.05) is 30.0 Å². The van der Waals surface area contributed by atoms with E-state index in [0.29, 0.717) is 28.1 Å². The minimum atomic E-state index is -0.584. The molecule has 1 fully saturated rings. The van der Waals surface area contributed by atoms with E-state index < -0.39 is 5.25 Å². The number of hydrogen-bond acceptors (Lipinski definition) is 8. The van der Waals surface area contributed by atoms with Gasteiger partial charge in [0.05, 0.1) is 27.0 Å². The van der Waals surface area contributed by atoms with Crippen LogP contribution in [0.5, 0.6) is 17.2 Å². The maximum absolute atomic E-state index is 12.5. The van der Waals surface area contributed by atoms with Crippen LogP contribution in [0.2, 0.25) is 0 Å². The summed E-state index contributed by atoms with van der Waals surface area (Å²) in [6, 6.07) is 9.32. The fourth-order valence-corrected chi connectivity index (χ4v) is 4.34. The van der Waals surface area contributed by atoms with Crippen molar-refractivity contribution in [1.29, 1.82) is 0 Å². The molecule has 180 valence electrons. The SMILES string of the molecule is COc1cc(/C(C)=N/N=C2/NC(=O)C(CC(=O)Nc3c(C)cccc3C)S2)cc(OC)c1OC. The number of methoxy groups -OCH3 is 3. The molecule has 1 saturated heterocycles. The van der Waals surface area contributed by atoms with Crippen molar-refractivity contribution in [2.24, 2.45) is 10.2 Å².